The summed E-state index contributed by atoms with van der Waals surface area (Å²) in [6.07, 6.45) is 2.08. The van der Waals surface area contributed by atoms with Crippen LogP contribution in [0.5, 0.6) is 0 Å². The van der Waals surface area contributed by atoms with Gasteiger partial charge in [0.15, 0.2) is 11.5 Å². The zero-order valence-corrected chi connectivity index (χ0v) is 14.2. The van der Waals surface area contributed by atoms with Crippen molar-refractivity contribution in [3.8, 4) is 0 Å². The molecule has 2 aromatic rings. The highest BCUT2D eigenvalue weighted by molar-refractivity contribution is 5.98. The van der Waals surface area contributed by atoms with Crippen LogP contribution in [0, 0.1) is 0 Å². The first kappa shape index (κ1) is 17.7. The molecule has 23 heavy (non-hydrogen) atoms. The Labute approximate surface area is 141 Å². The van der Waals surface area contributed by atoms with E-state index in [2.05, 4.69) is 15.6 Å². The molecule has 2 N–H and O–H groups in total. The number of rotatable bonds is 4. The van der Waals surface area contributed by atoms with Crippen LogP contribution in [0.25, 0.3) is 11.1 Å². The van der Waals surface area contributed by atoms with E-state index in [0.29, 0.717) is 24.4 Å². The van der Waals surface area contributed by atoms with Gasteiger partial charge in [0.2, 0.25) is 0 Å². The number of aromatic nitrogens is 1. The average Bonchev–Trinajstić information content (AvgIpc) is 2.97. The molecule has 1 aromatic carbocycles. The van der Waals surface area contributed by atoms with Gasteiger partial charge in [0.1, 0.15) is 11.1 Å². The third-order valence-corrected chi connectivity index (χ3v) is 4.21. The van der Waals surface area contributed by atoms with E-state index in [1.54, 1.807) is 7.11 Å². The van der Waals surface area contributed by atoms with Gasteiger partial charge in [-0.3, -0.25) is 4.79 Å². The van der Waals surface area contributed by atoms with Gasteiger partial charge in [-0.1, -0.05) is 6.92 Å². The van der Waals surface area contributed by atoms with Gasteiger partial charge >= 0.3 is 0 Å². The molecule has 6 nitrogen and oxygen atoms in total. The SMILES string of the molecule is CCc1nc2cc(NC(=O)C3(OC)CCNCC3)ccc2o1.Cl. The van der Waals surface area contributed by atoms with E-state index < -0.39 is 5.60 Å². The van der Waals surface area contributed by atoms with Crippen molar-refractivity contribution in [2.24, 2.45) is 0 Å². The summed E-state index contributed by atoms with van der Waals surface area (Å²) in [5.74, 6) is 0.597. The highest BCUT2D eigenvalue weighted by Crippen LogP contribution is 2.26. The van der Waals surface area contributed by atoms with E-state index in [1.807, 2.05) is 25.1 Å². The number of nitrogens with zero attached hydrogens (tertiary/aromatic N) is 1. The van der Waals surface area contributed by atoms with Crippen molar-refractivity contribution < 1.29 is 13.9 Å². The van der Waals surface area contributed by atoms with E-state index in [4.69, 9.17) is 9.15 Å². The van der Waals surface area contributed by atoms with Crippen LogP contribution >= 0.6 is 12.4 Å². The molecule has 126 valence electrons. The fourth-order valence-corrected chi connectivity index (χ4v) is 2.80. The summed E-state index contributed by atoms with van der Waals surface area (Å²) in [6, 6.07) is 5.49. The smallest absolute Gasteiger partial charge is 0.256 e. The van der Waals surface area contributed by atoms with Crippen LogP contribution in [-0.2, 0) is 16.0 Å². The molecule has 0 unspecified atom stereocenters. The van der Waals surface area contributed by atoms with E-state index in [9.17, 15) is 4.79 Å². The van der Waals surface area contributed by atoms with Gasteiger partial charge in [-0.25, -0.2) is 4.98 Å². The number of aryl methyl sites for hydroxylation is 1. The fourth-order valence-electron chi connectivity index (χ4n) is 2.80. The molecule has 1 fully saturated rings. The number of ether oxygens (including phenoxy) is 1. The molecular weight excluding hydrogens is 318 g/mol. The molecule has 3 rings (SSSR count). The monoisotopic (exact) mass is 339 g/mol. The topological polar surface area (TPSA) is 76.4 Å². The van der Waals surface area contributed by atoms with Crippen molar-refractivity contribution in [3.05, 3.63) is 24.1 Å². The number of amides is 1. The lowest BCUT2D eigenvalue weighted by Crippen LogP contribution is -2.51. The number of anilines is 1. The lowest BCUT2D eigenvalue weighted by molar-refractivity contribution is -0.140. The Kier molecular flexibility index (Phi) is 5.62. The summed E-state index contributed by atoms with van der Waals surface area (Å²) in [7, 11) is 1.60. The lowest BCUT2D eigenvalue weighted by Gasteiger charge is -2.34. The molecule has 1 aliphatic rings. The van der Waals surface area contributed by atoms with E-state index in [1.165, 1.54) is 0 Å². The molecule has 7 heteroatoms. The number of hydrogen-bond donors (Lipinski definition) is 2. The molecule has 1 aliphatic heterocycles. The number of piperidine rings is 1. The molecule has 1 saturated heterocycles. The van der Waals surface area contributed by atoms with Gasteiger partial charge in [-0.15, -0.1) is 12.4 Å². The molecule has 1 aromatic heterocycles. The molecule has 0 saturated carbocycles. The summed E-state index contributed by atoms with van der Waals surface area (Å²) in [4.78, 5) is 17.0. The highest BCUT2D eigenvalue weighted by atomic mass is 35.5. The molecule has 2 heterocycles. The predicted octanol–water partition coefficient (Wildman–Crippen LogP) is 2.52. The van der Waals surface area contributed by atoms with E-state index in [0.717, 1.165) is 30.6 Å². The van der Waals surface area contributed by atoms with Gasteiger partial charge in [0.05, 0.1) is 0 Å². The Bertz CT molecular complexity index is 680. The molecule has 0 bridgehead atoms. The minimum Gasteiger partial charge on any atom is -0.441 e. The predicted molar refractivity (Wildman–Crippen MR) is 91.1 cm³/mol. The summed E-state index contributed by atoms with van der Waals surface area (Å²) < 4.78 is 11.1. The molecule has 0 atom stereocenters. The number of methoxy groups -OCH3 is 1. The maximum absolute atomic E-state index is 12.6. The molecular formula is C16H22ClN3O3. The first-order chi connectivity index (χ1) is 10.7. The van der Waals surface area contributed by atoms with Crippen LogP contribution in [0.2, 0.25) is 0 Å². The quantitative estimate of drug-likeness (QED) is 0.895. The van der Waals surface area contributed by atoms with Gasteiger partial charge in [-0.2, -0.15) is 0 Å². The van der Waals surface area contributed by atoms with Gasteiger partial charge in [0.25, 0.3) is 5.91 Å². The summed E-state index contributed by atoms with van der Waals surface area (Å²) in [5.41, 5.74) is 1.45. The molecule has 0 spiro atoms. The van der Waals surface area contributed by atoms with E-state index >= 15 is 0 Å². The maximum atomic E-state index is 12.6. The second kappa shape index (κ2) is 7.29. The second-order valence-electron chi connectivity index (χ2n) is 5.55. The van der Waals surface area contributed by atoms with Crippen LogP contribution < -0.4 is 10.6 Å². The molecule has 0 aliphatic carbocycles. The number of fused-ring (bicyclic) bond motifs is 1. The Balaban J connectivity index is 0.00000192. The van der Waals surface area contributed by atoms with Crippen molar-refractivity contribution in [2.75, 3.05) is 25.5 Å². The fraction of sp³-hybridized carbons (Fsp3) is 0.500. The van der Waals surface area contributed by atoms with Crippen LogP contribution in [0.4, 0.5) is 5.69 Å². The third kappa shape index (κ3) is 3.49. The normalized spacial score (nSPS) is 16.8. The van der Waals surface area contributed by atoms with Gasteiger partial charge in [0, 0.05) is 19.2 Å². The number of carbonyl (C=O) groups is 1. The Hall–Kier alpha value is -1.63. The molecule has 1 amide bonds. The van der Waals surface area contributed by atoms with Crippen molar-refractivity contribution in [1.82, 2.24) is 10.3 Å². The Morgan fingerprint density at radius 3 is 2.83 bits per heavy atom. The number of benzene rings is 1. The molecule has 0 radical (unpaired) electrons. The standard InChI is InChI=1S/C16H21N3O3.ClH/c1-3-14-19-12-10-11(4-5-13(12)22-14)18-15(20)16(21-2)6-8-17-9-7-16;/h4-5,10,17H,3,6-9H2,1-2H3,(H,18,20);1H. The number of oxazole rings is 1. The van der Waals surface area contributed by atoms with E-state index in [-0.39, 0.29) is 18.3 Å². The van der Waals surface area contributed by atoms with Crippen LogP contribution in [-0.4, -0.2) is 36.7 Å². The van der Waals surface area contributed by atoms with Crippen LogP contribution in [0.15, 0.2) is 22.6 Å². The largest absolute Gasteiger partial charge is 0.441 e. The average molecular weight is 340 g/mol. The number of carbonyl (C=O) groups excluding carboxylic acids is 1. The van der Waals surface area contributed by atoms with Crippen LogP contribution in [0.1, 0.15) is 25.7 Å². The van der Waals surface area contributed by atoms with Gasteiger partial charge in [-0.05, 0) is 44.1 Å². The Morgan fingerprint density at radius 2 is 2.17 bits per heavy atom. The first-order valence-electron chi connectivity index (χ1n) is 7.63. The minimum atomic E-state index is -0.751. The highest BCUT2D eigenvalue weighted by Gasteiger charge is 2.39. The van der Waals surface area contributed by atoms with Crippen LogP contribution in [0.3, 0.4) is 0 Å². The van der Waals surface area contributed by atoms with Gasteiger partial charge < -0.3 is 19.8 Å². The third-order valence-electron chi connectivity index (χ3n) is 4.21. The van der Waals surface area contributed by atoms with Crippen molar-refractivity contribution in [3.63, 3.8) is 0 Å². The Morgan fingerprint density at radius 1 is 1.43 bits per heavy atom. The maximum Gasteiger partial charge on any atom is 0.256 e. The van der Waals surface area contributed by atoms with Crippen molar-refractivity contribution in [2.45, 2.75) is 31.8 Å². The number of halogens is 1. The minimum absolute atomic E-state index is 0. The lowest BCUT2D eigenvalue weighted by atomic mass is 9.91. The zero-order chi connectivity index (χ0) is 15.6. The number of hydrogen-bond acceptors (Lipinski definition) is 5. The van der Waals surface area contributed by atoms with Crippen molar-refractivity contribution in [1.29, 1.82) is 0 Å². The summed E-state index contributed by atoms with van der Waals surface area (Å²) in [5, 5.41) is 6.19. The zero-order valence-electron chi connectivity index (χ0n) is 13.3. The summed E-state index contributed by atoms with van der Waals surface area (Å²) in [6.45, 7) is 3.56. The summed E-state index contributed by atoms with van der Waals surface area (Å²) >= 11 is 0. The van der Waals surface area contributed by atoms with Crippen molar-refractivity contribution >= 4 is 35.1 Å². The first-order valence-corrected chi connectivity index (χ1v) is 7.63. The number of nitrogens with one attached hydrogen (secondary N) is 2. The second-order valence-corrected chi connectivity index (χ2v) is 5.55.